The number of nitrogens with zero attached hydrogens (tertiary/aromatic N) is 4. The summed E-state index contributed by atoms with van der Waals surface area (Å²) < 4.78 is 47.2. The minimum atomic E-state index is -3.20. The van der Waals surface area contributed by atoms with Gasteiger partial charge in [-0.05, 0) is 43.7 Å². The fourth-order valence-electron chi connectivity index (χ4n) is 3.86. The lowest BCUT2D eigenvalue weighted by Gasteiger charge is -2.20. The maximum Gasteiger partial charge on any atom is 0.315 e. The Hall–Kier alpha value is -3.66. The Morgan fingerprint density at radius 1 is 1.26 bits per heavy atom. The summed E-state index contributed by atoms with van der Waals surface area (Å²) in [7, 11) is 1.79. The number of aryl methyl sites for hydroxylation is 2. The Morgan fingerprint density at radius 3 is 2.71 bits per heavy atom. The molecule has 2 aromatic heterocycles. The maximum absolute atomic E-state index is 14.1. The molecule has 1 atom stereocenters. The first kappa shape index (κ1) is 24.5. The van der Waals surface area contributed by atoms with Crippen molar-refractivity contribution in [3.63, 3.8) is 0 Å². The van der Waals surface area contributed by atoms with Crippen LogP contribution in [-0.4, -0.2) is 32.1 Å². The van der Waals surface area contributed by atoms with Crippen LogP contribution in [0.2, 0.25) is 5.02 Å². The van der Waals surface area contributed by atoms with Gasteiger partial charge in [0.2, 0.25) is 0 Å². The lowest BCUT2D eigenvalue weighted by atomic mass is 10.0. The minimum absolute atomic E-state index is 0.0438. The summed E-state index contributed by atoms with van der Waals surface area (Å²) in [5, 5.41) is 7.12. The highest BCUT2D eigenvalue weighted by molar-refractivity contribution is 6.31. The molecule has 2 aromatic carbocycles. The average molecular weight is 504 g/mol. The summed E-state index contributed by atoms with van der Waals surface area (Å²) in [6.07, 6.45) is -1.74. The molecular weight excluding hydrogens is 483 g/mol. The van der Waals surface area contributed by atoms with Crippen molar-refractivity contribution in [3.8, 4) is 17.1 Å². The van der Waals surface area contributed by atoms with E-state index in [2.05, 4.69) is 20.4 Å². The predicted molar refractivity (Wildman–Crippen MR) is 125 cm³/mol. The van der Waals surface area contributed by atoms with Crippen molar-refractivity contribution in [1.29, 1.82) is 0 Å². The van der Waals surface area contributed by atoms with Crippen LogP contribution >= 0.6 is 11.6 Å². The zero-order valence-corrected chi connectivity index (χ0v) is 19.8. The van der Waals surface area contributed by atoms with Gasteiger partial charge in [0.1, 0.15) is 30.0 Å². The molecule has 0 aliphatic heterocycles. The van der Waals surface area contributed by atoms with E-state index in [9.17, 15) is 18.0 Å². The minimum Gasteiger partial charge on any atom is -0.487 e. The summed E-state index contributed by atoms with van der Waals surface area (Å²) in [5.41, 5.74) is 2.71. The number of hydrogen-bond acceptors (Lipinski definition) is 5. The summed E-state index contributed by atoms with van der Waals surface area (Å²) in [5.74, 6) is -1.03. The fraction of sp³-hybridized carbons (Fsp3) is 0.250. The highest BCUT2D eigenvalue weighted by Gasteiger charge is 2.22. The molecule has 0 radical (unpaired) electrons. The molecule has 0 saturated heterocycles. The molecule has 2 heterocycles. The number of carbonyl (C=O) groups is 1. The molecule has 1 N–H and O–H groups in total. The molecule has 11 heteroatoms. The topological polar surface area (TPSA) is 81.9 Å². The molecule has 0 aliphatic carbocycles. The molecule has 0 spiro atoms. The van der Waals surface area contributed by atoms with Crippen molar-refractivity contribution in [2.24, 2.45) is 7.05 Å². The third-order valence-corrected chi connectivity index (χ3v) is 5.81. The number of carbonyl (C=O) groups excluding carboxylic acids is 1. The SMILES string of the molecule is Cc1cc(-c2ncnn2C)c2cccc(OCc3c(Cl)cc(F)cc3[C@H](C)NC(=O)C(F)F)c2n1. The predicted octanol–water partition coefficient (Wildman–Crippen LogP) is 5.15. The number of hydrogen-bond donors (Lipinski definition) is 1. The molecule has 35 heavy (non-hydrogen) atoms. The number of rotatable bonds is 7. The summed E-state index contributed by atoms with van der Waals surface area (Å²) in [6.45, 7) is 3.20. The number of amides is 1. The second-order valence-corrected chi connectivity index (χ2v) is 8.35. The molecule has 0 unspecified atom stereocenters. The van der Waals surface area contributed by atoms with Crippen LogP contribution in [0.15, 0.2) is 42.7 Å². The fourth-order valence-corrected chi connectivity index (χ4v) is 4.13. The zero-order chi connectivity index (χ0) is 25.3. The average Bonchev–Trinajstić information content (AvgIpc) is 3.23. The first-order valence-corrected chi connectivity index (χ1v) is 11.0. The van der Waals surface area contributed by atoms with Gasteiger partial charge in [-0.1, -0.05) is 23.7 Å². The molecule has 0 saturated carbocycles. The number of aromatic nitrogens is 4. The van der Waals surface area contributed by atoms with Crippen LogP contribution in [0, 0.1) is 12.7 Å². The third-order valence-electron chi connectivity index (χ3n) is 5.47. The highest BCUT2D eigenvalue weighted by atomic mass is 35.5. The summed E-state index contributed by atoms with van der Waals surface area (Å²) in [6, 6.07) is 8.62. The van der Waals surface area contributed by atoms with E-state index < -0.39 is 24.2 Å². The Labute approximate surface area is 203 Å². The van der Waals surface area contributed by atoms with Gasteiger partial charge in [-0.3, -0.25) is 4.79 Å². The number of ether oxygens (including phenoxy) is 1. The Morgan fingerprint density at radius 2 is 2.03 bits per heavy atom. The molecule has 4 rings (SSSR count). The number of benzene rings is 2. The number of fused-ring (bicyclic) bond motifs is 1. The standard InChI is InChI=1S/C24H21ClF3N5O2/c1-12-7-17(23-29-11-30-33(23)3)15-5-4-6-20(21(15)31-12)35-10-18-16(8-14(26)9-19(18)25)13(2)32-24(34)22(27)28/h4-9,11,13,22H,10H2,1-3H3,(H,32,34)/t13-/m0/s1. The van der Waals surface area contributed by atoms with Crippen LogP contribution in [-0.2, 0) is 18.4 Å². The number of halogens is 4. The molecule has 4 aromatic rings. The highest BCUT2D eigenvalue weighted by Crippen LogP contribution is 2.34. The lowest BCUT2D eigenvalue weighted by molar-refractivity contribution is -0.132. The number of para-hydroxylation sites is 1. The van der Waals surface area contributed by atoms with Crippen LogP contribution < -0.4 is 10.1 Å². The second-order valence-electron chi connectivity index (χ2n) is 7.95. The van der Waals surface area contributed by atoms with Gasteiger partial charge in [0.05, 0.1) is 11.1 Å². The van der Waals surface area contributed by atoms with Crippen molar-refractivity contribution >= 4 is 28.4 Å². The Kier molecular flexibility index (Phi) is 6.93. The van der Waals surface area contributed by atoms with E-state index in [-0.39, 0.29) is 17.2 Å². The van der Waals surface area contributed by atoms with E-state index in [1.54, 1.807) is 23.9 Å². The number of alkyl halides is 2. The second kappa shape index (κ2) is 9.91. The van der Waals surface area contributed by atoms with Crippen molar-refractivity contribution in [3.05, 3.63) is 70.4 Å². The molecule has 7 nitrogen and oxygen atoms in total. The lowest BCUT2D eigenvalue weighted by Crippen LogP contribution is -2.32. The largest absolute Gasteiger partial charge is 0.487 e. The van der Waals surface area contributed by atoms with Crippen molar-refractivity contribution < 1.29 is 22.7 Å². The van der Waals surface area contributed by atoms with E-state index in [4.69, 9.17) is 16.3 Å². The molecular formula is C24H21ClF3N5O2. The van der Waals surface area contributed by atoms with Crippen molar-refractivity contribution in [2.75, 3.05) is 0 Å². The molecule has 1 amide bonds. The normalized spacial score (nSPS) is 12.2. The Balaban J connectivity index is 1.71. The first-order chi connectivity index (χ1) is 16.7. The van der Waals surface area contributed by atoms with Crippen LogP contribution in [0.5, 0.6) is 5.75 Å². The quantitative estimate of drug-likeness (QED) is 0.377. The van der Waals surface area contributed by atoms with Gasteiger partial charge >= 0.3 is 6.43 Å². The molecule has 182 valence electrons. The van der Waals surface area contributed by atoms with Gasteiger partial charge in [-0.25, -0.2) is 19.0 Å². The van der Waals surface area contributed by atoms with Crippen LogP contribution in [0.25, 0.3) is 22.3 Å². The Bertz CT molecular complexity index is 1410. The first-order valence-electron chi connectivity index (χ1n) is 10.6. The van der Waals surface area contributed by atoms with E-state index >= 15 is 0 Å². The van der Waals surface area contributed by atoms with Crippen LogP contribution in [0.4, 0.5) is 13.2 Å². The maximum atomic E-state index is 14.1. The van der Waals surface area contributed by atoms with Crippen LogP contribution in [0.3, 0.4) is 0 Å². The van der Waals surface area contributed by atoms with Gasteiger partial charge in [0.15, 0.2) is 5.82 Å². The van der Waals surface area contributed by atoms with E-state index in [1.807, 2.05) is 19.1 Å². The van der Waals surface area contributed by atoms with E-state index in [0.717, 1.165) is 28.8 Å². The van der Waals surface area contributed by atoms with Gasteiger partial charge < -0.3 is 10.1 Å². The van der Waals surface area contributed by atoms with Gasteiger partial charge in [-0.2, -0.15) is 13.9 Å². The van der Waals surface area contributed by atoms with Gasteiger partial charge in [0, 0.05) is 29.3 Å². The molecule has 0 aliphatic rings. The van der Waals surface area contributed by atoms with Gasteiger partial charge in [-0.15, -0.1) is 0 Å². The molecule has 0 fully saturated rings. The van der Waals surface area contributed by atoms with Crippen LogP contribution in [0.1, 0.15) is 29.8 Å². The van der Waals surface area contributed by atoms with Crippen molar-refractivity contribution in [1.82, 2.24) is 25.1 Å². The zero-order valence-electron chi connectivity index (χ0n) is 19.0. The van der Waals surface area contributed by atoms with Gasteiger partial charge in [0.25, 0.3) is 5.91 Å². The monoisotopic (exact) mass is 503 g/mol. The smallest absolute Gasteiger partial charge is 0.315 e. The number of pyridine rings is 1. The van der Waals surface area contributed by atoms with E-state index in [1.165, 1.54) is 13.3 Å². The van der Waals surface area contributed by atoms with Crippen molar-refractivity contribution in [2.45, 2.75) is 32.9 Å². The number of nitrogens with one attached hydrogen (secondary N) is 1. The van der Waals surface area contributed by atoms with E-state index in [0.29, 0.717) is 22.7 Å². The summed E-state index contributed by atoms with van der Waals surface area (Å²) >= 11 is 6.28. The molecule has 0 bridgehead atoms. The summed E-state index contributed by atoms with van der Waals surface area (Å²) in [4.78, 5) is 20.4. The third kappa shape index (κ3) is 5.07.